The van der Waals surface area contributed by atoms with Crippen LogP contribution < -0.4 is 5.73 Å². The van der Waals surface area contributed by atoms with Crippen molar-refractivity contribution in [1.29, 1.82) is 0 Å². The third-order valence-electron chi connectivity index (χ3n) is 3.48. The summed E-state index contributed by atoms with van der Waals surface area (Å²) in [6.45, 7) is 3.51. The fraction of sp³-hybridized carbons (Fsp3) is 0.429. The molecule has 0 aliphatic carbocycles. The molecule has 0 unspecified atom stereocenters. The third-order valence-corrected chi connectivity index (χ3v) is 3.82. The second-order valence-electron chi connectivity index (χ2n) is 4.83. The lowest BCUT2D eigenvalue weighted by molar-refractivity contribution is 0.0710. The Balaban J connectivity index is 1.99. The first-order valence-electron chi connectivity index (χ1n) is 6.23. The number of hydrogen-bond acceptors (Lipinski definition) is 2. The topological polar surface area (TPSA) is 46.3 Å². The van der Waals surface area contributed by atoms with Gasteiger partial charge in [-0.15, -0.1) is 0 Å². The molecule has 2 N–H and O–H groups in total. The van der Waals surface area contributed by atoms with Crippen molar-refractivity contribution in [3.8, 4) is 0 Å². The van der Waals surface area contributed by atoms with E-state index in [1.54, 1.807) is 0 Å². The smallest absolute Gasteiger partial charge is 0.253 e. The first-order valence-corrected chi connectivity index (χ1v) is 6.64. The van der Waals surface area contributed by atoms with Crippen molar-refractivity contribution in [1.82, 2.24) is 4.90 Å². The van der Waals surface area contributed by atoms with E-state index < -0.39 is 0 Å². The normalized spacial score (nSPS) is 16.6. The lowest BCUT2D eigenvalue weighted by Gasteiger charge is -2.31. The van der Waals surface area contributed by atoms with Gasteiger partial charge in [0.2, 0.25) is 0 Å². The minimum absolute atomic E-state index is 0.108. The molecule has 0 aromatic heterocycles. The average Bonchev–Trinajstić information content (AvgIpc) is 2.39. The van der Waals surface area contributed by atoms with Gasteiger partial charge in [-0.25, -0.2) is 0 Å². The van der Waals surface area contributed by atoms with Crippen molar-refractivity contribution in [3.05, 3.63) is 35.4 Å². The number of aryl methyl sites for hydroxylation is 1. The highest BCUT2D eigenvalue weighted by Gasteiger charge is 2.24. The van der Waals surface area contributed by atoms with Crippen LogP contribution in [0.1, 0.15) is 28.8 Å². The molecule has 4 heteroatoms. The van der Waals surface area contributed by atoms with Gasteiger partial charge in [-0.2, -0.15) is 0 Å². The number of carbonyl (C=O) groups excluding carboxylic acids is 1. The second-order valence-corrected chi connectivity index (χ2v) is 5.31. The number of carbonyl (C=O) groups is 1. The molecule has 1 aromatic carbocycles. The van der Waals surface area contributed by atoms with Crippen LogP contribution >= 0.6 is 12.2 Å². The zero-order valence-electron chi connectivity index (χ0n) is 10.6. The average molecular weight is 262 g/mol. The number of nitrogens with zero attached hydrogens (tertiary/aromatic N) is 1. The van der Waals surface area contributed by atoms with Gasteiger partial charge in [-0.1, -0.05) is 29.9 Å². The summed E-state index contributed by atoms with van der Waals surface area (Å²) in [6, 6.07) is 7.71. The van der Waals surface area contributed by atoms with Crippen molar-refractivity contribution < 1.29 is 4.79 Å². The zero-order valence-corrected chi connectivity index (χ0v) is 11.4. The number of nitrogens with two attached hydrogens (primary N) is 1. The molecule has 2 rings (SSSR count). The molecule has 1 aliphatic rings. The molecule has 96 valence electrons. The molecule has 0 saturated carbocycles. The number of rotatable bonds is 2. The highest BCUT2D eigenvalue weighted by molar-refractivity contribution is 7.80. The van der Waals surface area contributed by atoms with Gasteiger partial charge in [0.1, 0.15) is 0 Å². The molecular formula is C14H18N2OS. The molecule has 18 heavy (non-hydrogen) atoms. The van der Waals surface area contributed by atoms with Gasteiger partial charge < -0.3 is 10.6 Å². The lowest BCUT2D eigenvalue weighted by atomic mass is 9.96. The van der Waals surface area contributed by atoms with Crippen LogP contribution in [0.15, 0.2) is 24.3 Å². The van der Waals surface area contributed by atoms with Crippen molar-refractivity contribution in [3.63, 3.8) is 0 Å². The van der Waals surface area contributed by atoms with Crippen molar-refractivity contribution in [2.24, 2.45) is 11.7 Å². The molecule has 0 atom stereocenters. The maximum atomic E-state index is 12.2. The highest BCUT2D eigenvalue weighted by Crippen LogP contribution is 2.19. The van der Waals surface area contributed by atoms with Gasteiger partial charge >= 0.3 is 0 Å². The Hall–Kier alpha value is -1.42. The Morgan fingerprint density at radius 2 is 1.83 bits per heavy atom. The fourth-order valence-electron chi connectivity index (χ4n) is 2.25. The van der Waals surface area contributed by atoms with Crippen LogP contribution in [0.3, 0.4) is 0 Å². The van der Waals surface area contributed by atoms with Crippen LogP contribution in [-0.2, 0) is 0 Å². The van der Waals surface area contributed by atoms with Crippen LogP contribution in [-0.4, -0.2) is 28.9 Å². The quantitative estimate of drug-likeness (QED) is 0.831. The molecule has 0 spiro atoms. The van der Waals surface area contributed by atoms with Crippen LogP contribution in [0.5, 0.6) is 0 Å². The molecule has 1 heterocycles. The van der Waals surface area contributed by atoms with E-state index in [0.29, 0.717) is 10.9 Å². The first-order chi connectivity index (χ1) is 8.58. The standard InChI is InChI=1S/C14H18N2OS/c1-10-2-4-12(5-3-10)14(17)16-8-6-11(7-9-16)13(15)18/h2-5,11H,6-9H2,1H3,(H2,15,18). The van der Waals surface area contributed by atoms with Gasteiger partial charge in [0, 0.05) is 24.6 Å². The van der Waals surface area contributed by atoms with E-state index in [2.05, 4.69) is 0 Å². The highest BCUT2D eigenvalue weighted by atomic mass is 32.1. The van der Waals surface area contributed by atoms with E-state index in [1.165, 1.54) is 5.56 Å². The minimum atomic E-state index is 0.108. The molecule has 0 bridgehead atoms. The summed E-state index contributed by atoms with van der Waals surface area (Å²) in [7, 11) is 0. The number of hydrogen-bond donors (Lipinski definition) is 1. The summed E-state index contributed by atoms with van der Waals surface area (Å²) in [5, 5.41) is 0. The molecule has 1 amide bonds. The monoisotopic (exact) mass is 262 g/mol. The van der Waals surface area contributed by atoms with Gasteiger partial charge in [0.15, 0.2) is 0 Å². The molecule has 1 fully saturated rings. The molecule has 0 radical (unpaired) electrons. The van der Waals surface area contributed by atoms with Gasteiger partial charge in [0.25, 0.3) is 5.91 Å². The van der Waals surface area contributed by atoms with E-state index in [9.17, 15) is 4.79 Å². The predicted octanol–water partition coefficient (Wildman–Crippen LogP) is 2.13. The van der Waals surface area contributed by atoms with Crippen LogP contribution in [0, 0.1) is 12.8 Å². The molecule has 3 nitrogen and oxygen atoms in total. The number of thiocarbonyl (C=S) groups is 1. The number of likely N-dealkylation sites (tertiary alicyclic amines) is 1. The van der Waals surface area contributed by atoms with E-state index >= 15 is 0 Å². The van der Waals surface area contributed by atoms with Crippen molar-refractivity contribution >= 4 is 23.1 Å². The fourth-order valence-corrected chi connectivity index (χ4v) is 2.48. The van der Waals surface area contributed by atoms with Gasteiger partial charge in [-0.3, -0.25) is 4.79 Å². The number of piperidine rings is 1. The maximum Gasteiger partial charge on any atom is 0.253 e. The summed E-state index contributed by atoms with van der Waals surface area (Å²) >= 11 is 5.00. The first kappa shape index (κ1) is 13.0. The Morgan fingerprint density at radius 1 is 1.28 bits per heavy atom. The van der Waals surface area contributed by atoms with Crippen molar-refractivity contribution in [2.75, 3.05) is 13.1 Å². The lowest BCUT2D eigenvalue weighted by Crippen LogP contribution is -2.41. The Labute approximate surface area is 113 Å². The molecule has 1 saturated heterocycles. The summed E-state index contributed by atoms with van der Waals surface area (Å²) in [6.07, 6.45) is 1.76. The Morgan fingerprint density at radius 3 is 2.33 bits per heavy atom. The summed E-state index contributed by atoms with van der Waals surface area (Å²) < 4.78 is 0. The summed E-state index contributed by atoms with van der Waals surface area (Å²) in [4.78, 5) is 14.7. The second kappa shape index (κ2) is 5.48. The number of benzene rings is 1. The van der Waals surface area contributed by atoms with E-state index in [0.717, 1.165) is 31.5 Å². The van der Waals surface area contributed by atoms with Gasteiger partial charge in [0.05, 0.1) is 4.99 Å². The van der Waals surface area contributed by atoms with Gasteiger partial charge in [-0.05, 0) is 31.9 Å². The van der Waals surface area contributed by atoms with Crippen LogP contribution in [0.25, 0.3) is 0 Å². The largest absolute Gasteiger partial charge is 0.393 e. The van der Waals surface area contributed by atoms with Crippen LogP contribution in [0.2, 0.25) is 0 Å². The Bertz CT molecular complexity index is 447. The summed E-state index contributed by atoms with van der Waals surface area (Å²) in [5.41, 5.74) is 7.57. The molecular weight excluding hydrogens is 244 g/mol. The van der Waals surface area contributed by atoms with Crippen LogP contribution in [0.4, 0.5) is 0 Å². The summed E-state index contributed by atoms with van der Waals surface area (Å²) in [5.74, 6) is 0.401. The Kier molecular flexibility index (Phi) is 3.97. The van der Waals surface area contributed by atoms with E-state index in [4.69, 9.17) is 18.0 Å². The SMILES string of the molecule is Cc1ccc(C(=O)N2CCC(C(N)=S)CC2)cc1. The third kappa shape index (κ3) is 2.88. The minimum Gasteiger partial charge on any atom is -0.393 e. The predicted molar refractivity (Wildman–Crippen MR) is 76.6 cm³/mol. The van der Waals surface area contributed by atoms with E-state index in [1.807, 2.05) is 36.1 Å². The van der Waals surface area contributed by atoms with Crippen molar-refractivity contribution in [2.45, 2.75) is 19.8 Å². The maximum absolute atomic E-state index is 12.2. The number of amides is 1. The zero-order chi connectivity index (χ0) is 13.1. The molecule has 1 aromatic rings. The van der Waals surface area contributed by atoms with E-state index in [-0.39, 0.29) is 5.91 Å². The molecule has 1 aliphatic heterocycles.